The number of carbonyl (C=O) groups is 2. The minimum absolute atomic E-state index is 0.0499. The van der Waals surface area contributed by atoms with Crippen LogP contribution in [-0.2, 0) is 21.1 Å². The third-order valence-electron chi connectivity index (χ3n) is 4.87. The smallest absolute Gasteiger partial charge is 0.211 e. The van der Waals surface area contributed by atoms with Crippen molar-refractivity contribution in [3.05, 3.63) is 81.3 Å². The minimum Gasteiger partial charge on any atom is -0.282 e. The van der Waals surface area contributed by atoms with Crippen LogP contribution in [0.25, 0.3) is 0 Å². The maximum absolute atomic E-state index is 11.4. The highest BCUT2D eigenvalue weighted by molar-refractivity contribution is 8.24. The molecule has 1 aromatic carbocycles. The highest BCUT2D eigenvalue weighted by Gasteiger charge is 2.20. The average molecular weight is 631 g/mol. The van der Waals surface area contributed by atoms with Gasteiger partial charge in [-0.3, -0.25) is 9.59 Å². The van der Waals surface area contributed by atoms with Crippen LogP contribution in [0, 0.1) is 0 Å². The zero-order chi connectivity index (χ0) is 25.6. The molecule has 10 heteroatoms. The van der Waals surface area contributed by atoms with E-state index in [1.165, 1.54) is 69.5 Å². The number of rotatable bonds is 16. The molecular formula is C26H30O2S8. The van der Waals surface area contributed by atoms with Gasteiger partial charge in [0.2, 0.25) is 10.2 Å². The van der Waals surface area contributed by atoms with Crippen molar-refractivity contribution in [2.75, 3.05) is 23.0 Å². The van der Waals surface area contributed by atoms with E-state index in [1.807, 2.05) is 70.6 Å². The molecule has 2 atom stereocenters. The predicted octanol–water partition coefficient (Wildman–Crippen LogP) is 9.12. The van der Waals surface area contributed by atoms with Gasteiger partial charge in [-0.2, -0.15) is 23.5 Å². The van der Waals surface area contributed by atoms with Gasteiger partial charge in [0.15, 0.2) is 0 Å². The minimum atomic E-state index is 0.0499. The van der Waals surface area contributed by atoms with Crippen LogP contribution in [0.3, 0.4) is 0 Å². The Morgan fingerprint density at radius 1 is 0.722 bits per heavy atom. The summed E-state index contributed by atoms with van der Waals surface area (Å²) in [6.07, 6.45) is 5.13. The Bertz CT molecular complexity index is 880. The maximum Gasteiger partial charge on any atom is 0.211 e. The van der Waals surface area contributed by atoms with Gasteiger partial charge in [-0.1, -0.05) is 60.9 Å². The molecule has 0 amide bonds. The molecule has 36 heavy (non-hydrogen) atoms. The second-order valence-corrected chi connectivity index (χ2v) is 17.2. The molecule has 2 aliphatic heterocycles. The lowest BCUT2D eigenvalue weighted by molar-refractivity contribution is -0.107. The van der Waals surface area contributed by atoms with E-state index in [0.717, 1.165) is 34.5 Å². The molecule has 0 saturated carbocycles. The van der Waals surface area contributed by atoms with Crippen LogP contribution in [0.4, 0.5) is 0 Å². The summed E-state index contributed by atoms with van der Waals surface area (Å²) >= 11 is 14.3. The van der Waals surface area contributed by atoms with E-state index in [-0.39, 0.29) is 10.2 Å². The SMILES string of the molecule is C=CC(=O)SCC1=CSC(CCSCc2ccc(CSCCC3SC=C(CSC(=O)C=C)S3)cc2)S1. The third-order valence-corrected chi connectivity index (χ3v) is 14.8. The van der Waals surface area contributed by atoms with Crippen LogP contribution in [0.15, 0.2) is 70.2 Å². The van der Waals surface area contributed by atoms with Gasteiger partial charge in [-0.15, -0.1) is 47.0 Å². The van der Waals surface area contributed by atoms with Crippen LogP contribution in [0.2, 0.25) is 0 Å². The Balaban J connectivity index is 1.21. The van der Waals surface area contributed by atoms with Crippen LogP contribution >= 0.6 is 94.1 Å². The van der Waals surface area contributed by atoms with E-state index in [9.17, 15) is 9.59 Å². The second kappa shape index (κ2) is 17.8. The lowest BCUT2D eigenvalue weighted by Crippen LogP contribution is -1.96. The second-order valence-electron chi connectivity index (χ2n) is 7.66. The Morgan fingerprint density at radius 3 is 1.53 bits per heavy atom. The van der Waals surface area contributed by atoms with Gasteiger partial charge in [-0.05, 0) is 58.4 Å². The largest absolute Gasteiger partial charge is 0.282 e. The number of hydrogen-bond donors (Lipinski definition) is 0. The molecule has 2 heterocycles. The van der Waals surface area contributed by atoms with Gasteiger partial charge in [0.25, 0.3) is 0 Å². The number of hydrogen-bond acceptors (Lipinski definition) is 10. The van der Waals surface area contributed by atoms with Crippen LogP contribution in [-0.4, -0.2) is 42.4 Å². The molecule has 2 aliphatic rings. The van der Waals surface area contributed by atoms with E-state index >= 15 is 0 Å². The van der Waals surface area contributed by atoms with E-state index in [2.05, 4.69) is 48.2 Å². The summed E-state index contributed by atoms with van der Waals surface area (Å²) in [6.45, 7) is 7.05. The van der Waals surface area contributed by atoms with E-state index < -0.39 is 0 Å². The first kappa shape index (κ1) is 30.9. The predicted molar refractivity (Wildman–Crippen MR) is 177 cm³/mol. The Labute approximate surface area is 249 Å². The van der Waals surface area contributed by atoms with Gasteiger partial charge in [0.1, 0.15) is 0 Å². The first-order valence-electron chi connectivity index (χ1n) is 11.4. The van der Waals surface area contributed by atoms with Gasteiger partial charge >= 0.3 is 0 Å². The molecule has 194 valence electrons. The molecule has 0 saturated heterocycles. The van der Waals surface area contributed by atoms with Gasteiger partial charge in [0, 0.05) is 32.8 Å². The molecular weight excluding hydrogens is 601 g/mol. The molecule has 0 fully saturated rings. The topological polar surface area (TPSA) is 34.1 Å². The fourth-order valence-corrected chi connectivity index (χ4v) is 12.4. The molecule has 0 spiro atoms. The van der Waals surface area contributed by atoms with E-state index in [1.54, 1.807) is 0 Å². The van der Waals surface area contributed by atoms with Crippen molar-refractivity contribution < 1.29 is 9.59 Å². The summed E-state index contributed by atoms with van der Waals surface area (Å²) < 4.78 is 1.16. The van der Waals surface area contributed by atoms with Crippen molar-refractivity contribution in [2.45, 2.75) is 33.5 Å². The van der Waals surface area contributed by atoms with E-state index in [4.69, 9.17) is 0 Å². The van der Waals surface area contributed by atoms with Crippen molar-refractivity contribution in [3.8, 4) is 0 Å². The Morgan fingerprint density at radius 2 is 1.14 bits per heavy atom. The fourth-order valence-electron chi connectivity index (χ4n) is 3.02. The molecule has 0 N–H and O–H groups in total. The molecule has 0 aromatic heterocycles. The van der Waals surface area contributed by atoms with Crippen molar-refractivity contribution in [2.24, 2.45) is 0 Å². The fraction of sp³-hybridized carbons (Fsp3) is 0.385. The van der Waals surface area contributed by atoms with Crippen LogP contribution in [0.5, 0.6) is 0 Å². The summed E-state index contributed by atoms with van der Waals surface area (Å²) in [5.74, 6) is 5.96. The average Bonchev–Trinajstić information content (AvgIpc) is 3.56. The first-order valence-corrected chi connectivity index (χ1v) is 19.3. The van der Waals surface area contributed by atoms with Crippen molar-refractivity contribution in [3.63, 3.8) is 0 Å². The molecule has 2 unspecified atom stereocenters. The van der Waals surface area contributed by atoms with Crippen molar-refractivity contribution >= 4 is 104 Å². The quantitative estimate of drug-likeness (QED) is 0.130. The highest BCUT2D eigenvalue weighted by Crippen LogP contribution is 2.44. The maximum atomic E-state index is 11.4. The molecule has 0 radical (unpaired) electrons. The number of carbonyl (C=O) groups excluding carboxylic acids is 2. The summed E-state index contributed by atoms with van der Waals surface area (Å²) in [4.78, 5) is 25.3. The number of benzene rings is 1. The Hall–Kier alpha value is 0.320. The summed E-state index contributed by atoms with van der Waals surface area (Å²) in [6, 6.07) is 9.10. The van der Waals surface area contributed by atoms with Gasteiger partial charge in [0.05, 0.1) is 9.16 Å². The molecule has 3 rings (SSSR count). The zero-order valence-corrected chi connectivity index (χ0v) is 26.5. The normalized spacial score (nSPS) is 19.1. The standard InChI is InChI=1S/C26H30O2S8/c1-3-23(27)31-15-21-17-33-25(35-21)9-11-29-13-19-5-7-20(8-6-19)14-30-12-10-26-34-18-22(36-26)16-32-24(28)4-2/h3-8,17-18,25-26H,1-2,9-16H2. The molecule has 1 aromatic rings. The lowest BCUT2D eigenvalue weighted by atomic mass is 10.2. The van der Waals surface area contributed by atoms with E-state index in [0.29, 0.717) is 9.16 Å². The van der Waals surface area contributed by atoms with Gasteiger partial charge in [-0.25, -0.2) is 0 Å². The van der Waals surface area contributed by atoms with Crippen molar-refractivity contribution in [1.29, 1.82) is 0 Å². The third kappa shape index (κ3) is 12.0. The summed E-state index contributed by atoms with van der Waals surface area (Å²) in [7, 11) is 0. The van der Waals surface area contributed by atoms with Crippen molar-refractivity contribution in [1.82, 2.24) is 0 Å². The molecule has 0 bridgehead atoms. The number of thioether (sulfide) groups is 8. The monoisotopic (exact) mass is 630 g/mol. The molecule has 0 aliphatic carbocycles. The first-order chi connectivity index (χ1) is 17.6. The highest BCUT2D eigenvalue weighted by atomic mass is 32.2. The summed E-state index contributed by atoms with van der Waals surface area (Å²) in [5.41, 5.74) is 2.78. The zero-order valence-electron chi connectivity index (χ0n) is 19.9. The summed E-state index contributed by atoms with van der Waals surface area (Å²) in [5, 5.41) is 4.53. The lowest BCUT2D eigenvalue weighted by Gasteiger charge is -2.10. The Kier molecular flexibility index (Phi) is 15.3. The van der Waals surface area contributed by atoms with Gasteiger partial charge < -0.3 is 0 Å². The molecule has 2 nitrogen and oxygen atoms in total. The van der Waals surface area contributed by atoms with Crippen LogP contribution in [0.1, 0.15) is 24.0 Å². The van der Waals surface area contributed by atoms with Crippen LogP contribution < -0.4 is 0 Å².